The molecule has 2 heterocycles. The standard InChI is InChI=1S/C17H17N3O.ClH/c21-17-19(11-5-8-15-6-2-1-3-7-15)12-13-20(17)16-9-4-10-18-14-16;/h1-10,14H,11-13H2;1H. The maximum absolute atomic E-state index is 12.3. The van der Waals surface area contributed by atoms with Gasteiger partial charge in [-0.2, -0.15) is 0 Å². The number of pyridine rings is 1. The van der Waals surface area contributed by atoms with Crippen LogP contribution in [0.25, 0.3) is 6.08 Å². The van der Waals surface area contributed by atoms with Gasteiger partial charge in [-0.25, -0.2) is 4.79 Å². The molecule has 114 valence electrons. The van der Waals surface area contributed by atoms with E-state index in [0.29, 0.717) is 13.1 Å². The lowest BCUT2D eigenvalue weighted by Crippen LogP contribution is -2.31. The normalized spacial score (nSPS) is 14.5. The first-order valence-electron chi connectivity index (χ1n) is 7.02. The van der Waals surface area contributed by atoms with Crippen LogP contribution in [-0.2, 0) is 0 Å². The number of hydrogen-bond acceptors (Lipinski definition) is 2. The van der Waals surface area contributed by atoms with Gasteiger partial charge in [0.1, 0.15) is 0 Å². The number of rotatable bonds is 4. The SMILES string of the molecule is Cl.O=C1N(CC=Cc2ccccc2)CCN1c1cccnc1. The van der Waals surface area contributed by atoms with Gasteiger partial charge < -0.3 is 4.90 Å². The zero-order chi connectivity index (χ0) is 14.5. The number of urea groups is 1. The number of anilines is 1. The Morgan fingerprint density at radius 3 is 2.64 bits per heavy atom. The van der Waals surface area contributed by atoms with E-state index >= 15 is 0 Å². The third-order valence-electron chi connectivity index (χ3n) is 3.49. The van der Waals surface area contributed by atoms with Crippen LogP contribution in [0.5, 0.6) is 0 Å². The molecule has 0 radical (unpaired) electrons. The Bertz CT molecular complexity index is 631. The van der Waals surface area contributed by atoms with Crippen LogP contribution in [0.1, 0.15) is 5.56 Å². The van der Waals surface area contributed by atoms with Crippen LogP contribution in [0.4, 0.5) is 10.5 Å². The summed E-state index contributed by atoms with van der Waals surface area (Å²) < 4.78 is 0. The number of amides is 2. The van der Waals surface area contributed by atoms with E-state index in [1.807, 2.05) is 59.5 Å². The lowest BCUT2D eigenvalue weighted by Gasteiger charge is -2.17. The number of carbonyl (C=O) groups is 1. The summed E-state index contributed by atoms with van der Waals surface area (Å²) in [6.45, 7) is 2.08. The number of halogens is 1. The van der Waals surface area contributed by atoms with Crippen molar-refractivity contribution in [3.8, 4) is 0 Å². The molecule has 3 rings (SSSR count). The zero-order valence-electron chi connectivity index (χ0n) is 12.1. The molecule has 1 aliphatic rings. The number of aromatic nitrogens is 1. The summed E-state index contributed by atoms with van der Waals surface area (Å²) in [7, 11) is 0. The van der Waals surface area contributed by atoms with Gasteiger partial charge >= 0.3 is 6.03 Å². The quantitative estimate of drug-likeness (QED) is 0.866. The van der Waals surface area contributed by atoms with Crippen molar-refractivity contribution in [3.63, 3.8) is 0 Å². The van der Waals surface area contributed by atoms with Gasteiger partial charge in [0.05, 0.1) is 11.9 Å². The largest absolute Gasteiger partial charge is 0.324 e. The van der Waals surface area contributed by atoms with Gasteiger partial charge in [-0.1, -0.05) is 42.5 Å². The van der Waals surface area contributed by atoms with Crippen LogP contribution < -0.4 is 4.90 Å². The molecule has 2 amide bonds. The van der Waals surface area contributed by atoms with E-state index in [2.05, 4.69) is 4.98 Å². The van der Waals surface area contributed by atoms with Gasteiger partial charge in [0.15, 0.2) is 0 Å². The molecule has 1 aliphatic heterocycles. The molecule has 1 saturated heterocycles. The van der Waals surface area contributed by atoms with Crippen molar-refractivity contribution in [3.05, 3.63) is 66.5 Å². The monoisotopic (exact) mass is 315 g/mol. The molecule has 2 aromatic rings. The first kappa shape index (κ1) is 16.0. The summed E-state index contributed by atoms with van der Waals surface area (Å²) in [6, 6.07) is 13.9. The fourth-order valence-electron chi connectivity index (χ4n) is 2.39. The van der Waals surface area contributed by atoms with E-state index in [9.17, 15) is 4.79 Å². The van der Waals surface area contributed by atoms with E-state index in [4.69, 9.17) is 0 Å². The molecule has 4 nitrogen and oxygen atoms in total. The van der Waals surface area contributed by atoms with E-state index in [1.165, 1.54) is 0 Å². The van der Waals surface area contributed by atoms with Crippen molar-refractivity contribution in [2.75, 3.05) is 24.5 Å². The second-order valence-electron chi connectivity index (χ2n) is 4.90. The Labute approximate surface area is 136 Å². The minimum absolute atomic E-state index is 0. The van der Waals surface area contributed by atoms with Crippen LogP contribution in [0, 0.1) is 0 Å². The third kappa shape index (κ3) is 3.65. The molecule has 1 aromatic heterocycles. The Morgan fingerprint density at radius 2 is 1.91 bits per heavy atom. The maximum Gasteiger partial charge on any atom is 0.324 e. The predicted molar refractivity (Wildman–Crippen MR) is 91.3 cm³/mol. The minimum Gasteiger partial charge on any atom is -0.319 e. The predicted octanol–water partition coefficient (Wildman–Crippen LogP) is 3.46. The van der Waals surface area contributed by atoms with E-state index in [1.54, 1.807) is 17.3 Å². The highest BCUT2D eigenvalue weighted by Crippen LogP contribution is 2.18. The van der Waals surface area contributed by atoms with Gasteiger partial charge in [-0.15, -0.1) is 12.4 Å². The van der Waals surface area contributed by atoms with Crippen molar-refractivity contribution < 1.29 is 4.79 Å². The molecule has 0 aliphatic carbocycles. The molecule has 0 bridgehead atoms. The van der Waals surface area contributed by atoms with Crippen LogP contribution in [0.2, 0.25) is 0 Å². The van der Waals surface area contributed by atoms with Gasteiger partial charge in [0, 0.05) is 25.8 Å². The lowest BCUT2D eigenvalue weighted by molar-refractivity contribution is 0.225. The van der Waals surface area contributed by atoms with Gasteiger partial charge in [0.25, 0.3) is 0 Å². The van der Waals surface area contributed by atoms with E-state index < -0.39 is 0 Å². The molecule has 0 spiro atoms. The molecule has 0 saturated carbocycles. The number of carbonyl (C=O) groups excluding carboxylic acids is 1. The van der Waals surface area contributed by atoms with Crippen molar-refractivity contribution in [2.45, 2.75) is 0 Å². The Balaban J connectivity index is 0.00000176. The maximum atomic E-state index is 12.3. The summed E-state index contributed by atoms with van der Waals surface area (Å²) in [4.78, 5) is 20.0. The van der Waals surface area contributed by atoms with Crippen LogP contribution in [0.15, 0.2) is 60.9 Å². The Kier molecular flexibility index (Phi) is 5.55. The smallest absolute Gasteiger partial charge is 0.319 e. The summed E-state index contributed by atoms with van der Waals surface area (Å²) in [5.41, 5.74) is 2.00. The zero-order valence-corrected chi connectivity index (χ0v) is 12.9. The van der Waals surface area contributed by atoms with Crippen LogP contribution in [-0.4, -0.2) is 35.5 Å². The summed E-state index contributed by atoms with van der Waals surface area (Å²) >= 11 is 0. The minimum atomic E-state index is 0. The average molecular weight is 316 g/mol. The molecule has 1 aromatic carbocycles. The molecular formula is C17H18ClN3O. The van der Waals surface area contributed by atoms with Gasteiger partial charge in [-0.3, -0.25) is 9.88 Å². The third-order valence-corrected chi connectivity index (χ3v) is 3.49. The molecule has 1 fully saturated rings. The highest BCUT2D eigenvalue weighted by Gasteiger charge is 2.28. The van der Waals surface area contributed by atoms with E-state index in [-0.39, 0.29) is 18.4 Å². The highest BCUT2D eigenvalue weighted by atomic mass is 35.5. The first-order valence-corrected chi connectivity index (χ1v) is 7.02. The topological polar surface area (TPSA) is 36.4 Å². The summed E-state index contributed by atoms with van der Waals surface area (Å²) in [6.07, 6.45) is 7.51. The van der Waals surface area contributed by atoms with Crippen molar-refractivity contribution in [1.82, 2.24) is 9.88 Å². The van der Waals surface area contributed by atoms with Gasteiger partial charge in [0.2, 0.25) is 0 Å². The molecule has 0 atom stereocenters. The second kappa shape index (κ2) is 7.61. The fourth-order valence-corrected chi connectivity index (χ4v) is 2.39. The van der Waals surface area contributed by atoms with Crippen molar-refractivity contribution in [1.29, 1.82) is 0 Å². The van der Waals surface area contributed by atoms with Crippen molar-refractivity contribution in [2.24, 2.45) is 0 Å². The lowest BCUT2D eigenvalue weighted by atomic mass is 10.2. The Morgan fingerprint density at radius 1 is 1.09 bits per heavy atom. The average Bonchev–Trinajstić information content (AvgIpc) is 2.90. The second-order valence-corrected chi connectivity index (χ2v) is 4.90. The first-order chi connectivity index (χ1) is 10.3. The molecule has 0 unspecified atom stereocenters. The van der Waals surface area contributed by atoms with Gasteiger partial charge in [-0.05, 0) is 17.7 Å². The number of benzene rings is 1. The van der Waals surface area contributed by atoms with Crippen LogP contribution >= 0.6 is 12.4 Å². The molecular weight excluding hydrogens is 298 g/mol. The number of nitrogens with zero attached hydrogens (tertiary/aromatic N) is 3. The van der Waals surface area contributed by atoms with Crippen LogP contribution in [0.3, 0.4) is 0 Å². The summed E-state index contributed by atoms with van der Waals surface area (Å²) in [5, 5.41) is 0. The molecule has 5 heteroatoms. The molecule has 0 N–H and O–H groups in total. The molecule has 22 heavy (non-hydrogen) atoms. The fraction of sp³-hybridized carbons (Fsp3) is 0.176. The Hall–Kier alpha value is -2.33. The highest BCUT2D eigenvalue weighted by molar-refractivity contribution is 5.94. The van der Waals surface area contributed by atoms with E-state index in [0.717, 1.165) is 17.8 Å². The number of hydrogen-bond donors (Lipinski definition) is 0. The van der Waals surface area contributed by atoms with Crippen molar-refractivity contribution >= 4 is 30.2 Å². The summed E-state index contributed by atoms with van der Waals surface area (Å²) in [5.74, 6) is 0.